The van der Waals surface area contributed by atoms with Crippen molar-refractivity contribution in [2.45, 2.75) is 45.8 Å². The molecule has 1 aliphatic carbocycles. The van der Waals surface area contributed by atoms with Crippen molar-refractivity contribution in [3.05, 3.63) is 23.3 Å². The second kappa shape index (κ2) is 3.87. The van der Waals surface area contributed by atoms with Gasteiger partial charge in [0.25, 0.3) is 0 Å². The van der Waals surface area contributed by atoms with Gasteiger partial charge in [0.2, 0.25) is 0 Å². The lowest BCUT2D eigenvalue weighted by atomic mass is 9.81. The van der Waals surface area contributed by atoms with Crippen LogP contribution >= 0.6 is 0 Å². The van der Waals surface area contributed by atoms with E-state index in [1.807, 2.05) is 13.0 Å². The van der Waals surface area contributed by atoms with Crippen molar-refractivity contribution >= 4 is 0 Å². The minimum Gasteiger partial charge on any atom is -0.385 e. The highest BCUT2D eigenvalue weighted by Crippen LogP contribution is 2.30. The first-order chi connectivity index (χ1) is 6.38. The van der Waals surface area contributed by atoms with Gasteiger partial charge >= 0.3 is 0 Å². The Balaban J connectivity index is 3.00. The molecule has 1 aliphatic rings. The summed E-state index contributed by atoms with van der Waals surface area (Å²) in [5.74, 6) is 0.434. The summed E-state index contributed by atoms with van der Waals surface area (Å²) in [6.45, 7) is 7.75. The molecule has 0 radical (unpaired) electrons. The Labute approximate surface area is 86.0 Å². The third kappa shape index (κ3) is 2.07. The van der Waals surface area contributed by atoms with E-state index in [-0.39, 0.29) is 0 Å². The predicted molar refractivity (Wildman–Crippen MR) is 57.9 cm³/mol. The van der Waals surface area contributed by atoms with Gasteiger partial charge in [0.05, 0.1) is 0 Å². The first kappa shape index (κ1) is 11.5. The van der Waals surface area contributed by atoms with Crippen molar-refractivity contribution < 1.29 is 10.2 Å². The molecular formula is C12H20O2. The second-order valence-corrected chi connectivity index (χ2v) is 4.47. The van der Waals surface area contributed by atoms with Gasteiger partial charge in [-0.25, -0.2) is 0 Å². The molecule has 0 aromatic rings. The van der Waals surface area contributed by atoms with Gasteiger partial charge in [0.15, 0.2) is 0 Å². The fraction of sp³-hybridized carbons (Fsp3) is 0.667. The summed E-state index contributed by atoms with van der Waals surface area (Å²) in [4.78, 5) is 0. The average molecular weight is 196 g/mol. The topological polar surface area (TPSA) is 40.5 Å². The highest BCUT2D eigenvalue weighted by molar-refractivity contribution is 5.36. The van der Waals surface area contributed by atoms with Crippen LogP contribution in [0.2, 0.25) is 0 Å². The Bertz CT molecular complexity index is 274. The minimum absolute atomic E-state index is 0.434. The maximum Gasteiger partial charge on any atom is 0.110 e. The smallest absolute Gasteiger partial charge is 0.110 e. The van der Waals surface area contributed by atoms with E-state index in [2.05, 4.69) is 13.8 Å². The second-order valence-electron chi connectivity index (χ2n) is 4.47. The predicted octanol–water partition coefficient (Wildman–Crippen LogP) is 2.03. The Hall–Kier alpha value is -0.600. The van der Waals surface area contributed by atoms with Crippen LogP contribution in [0, 0.1) is 5.92 Å². The summed E-state index contributed by atoms with van der Waals surface area (Å²) in [6.07, 6.45) is 4.03. The van der Waals surface area contributed by atoms with Crippen LogP contribution in [-0.2, 0) is 0 Å². The number of allylic oxidation sites excluding steroid dienone is 2. The Morgan fingerprint density at radius 3 is 2.57 bits per heavy atom. The number of rotatable bonds is 2. The van der Waals surface area contributed by atoms with Gasteiger partial charge in [-0.1, -0.05) is 19.9 Å². The zero-order chi connectivity index (χ0) is 10.9. The maximum absolute atomic E-state index is 9.96. The molecule has 2 heteroatoms. The van der Waals surface area contributed by atoms with Crippen molar-refractivity contribution in [1.29, 1.82) is 0 Å². The van der Waals surface area contributed by atoms with Gasteiger partial charge < -0.3 is 10.2 Å². The third-order valence-electron chi connectivity index (χ3n) is 3.02. The van der Waals surface area contributed by atoms with E-state index < -0.39 is 11.7 Å². The van der Waals surface area contributed by atoms with Crippen LogP contribution in [-0.4, -0.2) is 21.9 Å². The molecule has 0 saturated carbocycles. The minimum atomic E-state index is -1.11. The molecular weight excluding hydrogens is 176 g/mol. The fourth-order valence-electron chi connectivity index (χ4n) is 1.78. The molecule has 3 unspecified atom stereocenters. The number of aliphatic hydroxyl groups is 2. The molecule has 0 spiro atoms. The molecule has 2 N–H and O–H groups in total. The van der Waals surface area contributed by atoms with Gasteiger partial charge in [0.1, 0.15) is 11.7 Å². The van der Waals surface area contributed by atoms with E-state index in [9.17, 15) is 10.2 Å². The molecule has 0 aromatic carbocycles. The van der Waals surface area contributed by atoms with E-state index in [0.29, 0.717) is 5.92 Å². The van der Waals surface area contributed by atoms with Crippen LogP contribution in [0.1, 0.15) is 34.1 Å². The highest BCUT2D eigenvalue weighted by Gasteiger charge is 2.33. The number of hydrogen-bond acceptors (Lipinski definition) is 2. The van der Waals surface area contributed by atoms with E-state index in [1.165, 1.54) is 0 Å². The number of aliphatic hydroxyl groups excluding tert-OH is 1. The van der Waals surface area contributed by atoms with Crippen LogP contribution in [0.25, 0.3) is 0 Å². The van der Waals surface area contributed by atoms with Crippen molar-refractivity contribution in [2.24, 2.45) is 5.92 Å². The van der Waals surface area contributed by atoms with Crippen LogP contribution in [0.15, 0.2) is 23.3 Å². The molecule has 14 heavy (non-hydrogen) atoms. The van der Waals surface area contributed by atoms with Crippen LogP contribution in [0.3, 0.4) is 0 Å². The van der Waals surface area contributed by atoms with E-state index >= 15 is 0 Å². The molecule has 80 valence electrons. The fourth-order valence-corrected chi connectivity index (χ4v) is 1.78. The van der Waals surface area contributed by atoms with Crippen LogP contribution in [0.5, 0.6) is 0 Å². The number of hydrogen-bond donors (Lipinski definition) is 2. The summed E-state index contributed by atoms with van der Waals surface area (Å²) in [5, 5.41) is 19.7. The highest BCUT2D eigenvalue weighted by atomic mass is 16.3. The van der Waals surface area contributed by atoms with Crippen molar-refractivity contribution in [2.75, 3.05) is 0 Å². The Kier molecular flexibility index (Phi) is 3.17. The molecule has 0 amide bonds. The van der Waals surface area contributed by atoms with Crippen LogP contribution in [0.4, 0.5) is 0 Å². The lowest BCUT2D eigenvalue weighted by Gasteiger charge is -2.32. The summed E-state index contributed by atoms with van der Waals surface area (Å²) < 4.78 is 0. The summed E-state index contributed by atoms with van der Waals surface area (Å²) in [5.41, 5.74) is 0.852. The van der Waals surface area contributed by atoms with Crippen LogP contribution < -0.4 is 0 Å². The van der Waals surface area contributed by atoms with Gasteiger partial charge in [-0.3, -0.25) is 0 Å². The quantitative estimate of drug-likeness (QED) is 0.709. The van der Waals surface area contributed by atoms with Gasteiger partial charge in [-0.15, -0.1) is 0 Å². The maximum atomic E-state index is 9.96. The normalized spacial score (nSPS) is 34.9. The lowest BCUT2D eigenvalue weighted by molar-refractivity contribution is -0.00828. The summed E-state index contributed by atoms with van der Waals surface area (Å²) >= 11 is 0. The lowest BCUT2D eigenvalue weighted by Crippen LogP contribution is -2.40. The van der Waals surface area contributed by atoms with Gasteiger partial charge in [0, 0.05) is 0 Å². The summed E-state index contributed by atoms with van der Waals surface area (Å²) in [6, 6.07) is 0. The first-order valence-corrected chi connectivity index (χ1v) is 5.20. The van der Waals surface area contributed by atoms with Crippen molar-refractivity contribution in [3.8, 4) is 0 Å². The Morgan fingerprint density at radius 2 is 2.14 bits per heavy atom. The molecule has 3 atom stereocenters. The molecule has 2 nitrogen and oxygen atoms in total. The molecule has 0 aromatic heterocycles. The molecule has 0 bridgehead atoms. The van der Waals surface area contributed by atoms with E-state index in [4.69, 9.17) is 0 Å². The Morgan fingerprint density at radius 1 is 1.57 bits per heavy atom. The van der Waals surface area contributed by atoms with Gasteiger partial charge in [-0.2, -0.15) is 0 Å². The van der Waals surface area contributed by atoms with Gasteiger partial charge in [-0.05, 0) is 43.4 Å². The average Bonchev–Trinajstić information content (AvgIpc) is 2.12. The summed E-state index contributed by atoms with van der Waals surface area (Å²) in [7, 11) is 0. The first-order valence-electron chi connectivity index (χ1n) is 5.20. The standard InChI is InChI=1S/C12H20O2/c1-5-8(2)10-6-9(3)11(13)12(4,14)7-10/h6-8,11,13-14H,5H2,1-4H3. The monoisotopic (exact) mass is 196 g/mol. The molecule has 0 heterocycles. The molecule has 1 rings (SSSR count). The largest absolute Gasteiger partial charge is 0.385 e. The zero-order valence-electron chi connectivity index (χ0n) is 9.41. The van der Waals surface area contributed by atoms with E-state index in [1.54, 1.807) is 13.0 Å². The molecule has 0 aliphatic heterocycles. The van der Waals surface area contributed by atoms with E-state index in [0.717, 1.165) is 17.6 Å². The molecule has 0 fully saturated rings. The van der Waals surface area contributed by atoms with Crippen molar-refractivity contribution in [1.82, 2.24) is 0 Å². The SMILES string of the molecule is CCC(C)C1=CC(C)(O)C(O)C(C)=C1. The molecule has 0 saturated heterocycles. The zero-order valence-corrected chi connectivity index (χ0v) is 9.41. The third-order valence-corrected chi connectivity index (χ3v) is 3.02. The van der Waals surface area contributed by atoms with Crippen molar-refractivity contribution in [3.63, 3.8) is 0 Å².